The molecule has 0 spiro atoms. The van der Waals surface area contributed by atoms with Gasteiger partial charge in [0.05, 0.1) is 5.51 Å². The van der Waals surface area contributed by atoms with Crippen LogP contribution in [0.25, 0.3) is 0 Å². The van der Waals surface area contributed by atoms with Crippen LogP contribution < -0.4 is 5.73 Å². The highest BCUT2D eigenvalue weighted by Crippen LogP contribution is 2.37. The molecular formula is C11H15N3OS. The Labute approximate surface area is 98.5 Å². The van der Waals surface area contributed by atoms with Crippen LogP contribution in [0.3, 0.4) is 0 Å². The van der Waals surface area contributed by atoms with Crippen molar-refractivity contribution < 1.29 is 4.79 Å². The number of thiazole rings is 1. The first-order valence-electron chi connectivity index (χ1n) is 5.69. The van der Waals surface area contributed by atoms with Gasteiger partial charge in [0.15, 0.2) is 0 Å². The second-order valence-electron chi connectivity index (χ2n) is 4.75. The van der Waals surface area contributed by atoms with Crippen LogP contribution in [0.2, 0.25) is 0 Å². The Hall–Kier alpha value is -0.940. The molecule has 86 valence electrons. The van der Waals surface area contributed by atoms with Crippen LogP contribution >= 0.6 is 11.3 Å². The fraction of sp³-hybridized carbons (Fsp3) is 0.636. The van der Waals surface area contributed by atoms with Gasteiger partial charge in [0.2, 0.25) is 0 Å². The van der Waals surface area contributed by atoms with E-state index in [4.69, 9.17) is 5.73 Å². The van der Waals surface area contributed by atoms with Gasteiger partial charge in [-0.25, -0.2) is 4.98 Å². The summed E-state index contributed by atoms with van der Waals surface area (Å²) in [6, 6.07) is 0.290. The first-order chi connectivity index (χ1) is 7.75. The standard InChI is InChI=1S/C11H15N3OS/c12-9-2-1-7-3-14(4-8(7)9)11(15)10-5-16-6-13-10/h5-9H,1-4,12H2/t7-,8-,9+/m1/s1. The molecule has 0 aromatic carbocycles. The van der Waals surface area contributed by atoms with Crippen molar-refractivity contribution in [2.75, 3.05) is 13.1 Å². The first kappa shape index (κ1) is 10.2. The lowest BCUT2D eigenvalue weighted by molar-refractivity contribution is 0.0774. The molecule has 5 heteroatoms. The number of amides is 1. The van der Waals surface area contributed by atoms with Crippen molar-refractivity contribution in [1.82, 2.24) is 9.88 Å². The average molecular weight is 237 g/mol. The summed E-state index contributed by atoms with van der Waals surface area (Å²) < 4.78 is 0. The summed E-state index contributed by atoms with van der Waals surface area (Å²) >= 11 is 1.47. The third-order valence-corrected chi connectivity index (χ3v) is 4.44. The molecule has 2 aliphatic rings. The van der Waals surface area contributed by atoms with Gasteiger partial charge < -0.3 is 10.6 Å². The van der Waals surface area contributed by atoms with Crippen molar-refractivity contribution in [3.05, 3.63) is 16.6 Å². The number of fused-ring (bicyclic) bond motifs is 1. The van der Waals surface area contributed by atoms with Crippen molar-refractivity contribution in [2.24, 2.45) is 17.6 Å². The molecular weight excluding hydrogens is 222 g/mol. The topological polar surface area (TPSA) is 59.2 Å². The number of nitrogens with two attached hydrogens (primary N) is 1. The molecule has 4 nitrogen and oxygen atoms in total. The second-order valence-corrected chi connectivity index (χ2v) is 5.47. The molecule has 2 heterocycles. The second kappa shape index (κ2) is 3.82. The molecule has 1 aliphatic heterocycles. The fourth-order valence-electron chi connectivity index (χ4n) is 2.95. The van der Waals surface area contributed by atoms with Gasteiger partial charge in [-0.15, -0.1) is 11.3 Å². The molecule has 1 saturated carbocycles. The number of carbonyl (C=O) groups is 1. The Bertz CT molecular complexity index is 392. The lowest BCUT2D eigenvalue weighted by Gasteiger charge is -2.17. The summed E-state index contributed by atoms with van der Waals surface area (Å²) in [6.07, 6.45) is 2.29. The van der Waals surface area contributed by atoms with E-state index >= 15 is 0 Å². The zero-order valence-electron chi connectivity index (χ0n) is 9.00. The van der Waals surface area contributed by atoms with Crippen LogP contribution in [0.1, 0.15) is 23.3 Å². The fourth-order valence-corrected chi connectivity index (χ4v) is 3.48. The highest BCUT2D eigenvalue weighted by Gasteiger charge is 2.42. The van der Waals surface area contributed by atoms with Gasteiger partial charge >= 0.3 is 0 Å². The summed E-state index contributed by atoms with van der Waals surface area (Å²) in [5.41, 5.74) is 8.34. The summed E-state index contributed by atoms with van der Waals surface area (Å²) in [5, 5.41) is 1.82. The Balaban J connectivity index is 1.73. The van der Waals surface area contributed by atoms with E-state index < -0.39 is 0 Å². The average Bonchev–Trinajstić information content (AvgIpc) is 2.96. The molecule has 1 aliphatic carbocycles. The van der Waals surface area contributed by atoms with E-state index in [1.165, 1.54) is 17.8 Å². The number of rotatable bonds is 1. The van der Waals surface area contributed by atoms with E-state index in [0.29, 0.717) is 23.6 Å². The van der Waals surface area contributed by atoms with Crippen LogP contribution in [0.15, 0.2) is 10.9 Å². The molecule has 2 fully saturated rings. The smallest absolute Gasteiger partial charge is 0.273 e. The predicted molar refractivity (Wildman–Crippen MR) is 62.2 cm³/mol. The molecule has 0 radical (unpaired) electrons. The lowest BCUT2D eigenvalue weighted by Crippen LogP contribution is -2.33. The van der Waals surface area contributed by atoms with E-state index in [0.717, 1.165) is 19.5 Å². The SMILES string of the molecule is N[C@H]1CC[C@@H]2CN(C(=O)c3cscn3)C[C@H]21. The maximum absolute atomic E-state index is 12.1. The van der Waals surface area contributed by atoms with E-state index in [1.807, 2.05) is 10.3 Å². The molecule has 0 bridgehead atoms. The first-order valence-corrected chi connectivity index (χ1v) is 6.63. The number of carbonyl (C=O) groups excluding carboxylic acids is 1. The van der Waals surface area contributed by atoms with Crippen LogP contribution in [-0.2, 0) is 0 Å². The summed E-state index contributed by atoms with van der Waals surface area (Å²) in [7, 11) is 0. The minimum Gasteiger partial charge on any atom is -0.337 e. The molecule has 1 aromatic rings. The number of hydrogen-bond donors (Lipinski definition) is 1. The number of aromatic nitrogens is 1. The number of nitrogens with zero attached hydrogens (tertiary/aromatic N) is 2. The highest BCUT2D eigenvalue weighted by atomic mass is 32.1. The minimum absolute atomic E-state index is 0.0721. The third-order valence-electron chi connectivity index (χ3n) is 3.85. The Morgan fingerprint density at radius 3 is 3.06 bits per heavy atom. The molecule has 3 rings (SSSR count). The van der Waals surface area contributed by atoms with Crippen molar-refractivity contribution >= 4 is 17.2 Å². The molecule has 16 heavy (non-hydrogen) atoms. The lowest BCUT2D eigenvalue weighted by atomic mass is 9.98. The summed E-state index contributed by atoms with van der Waals surface area (Å²) in [4.78, 5) is 18.1. The van der Waals surface area contributed by atoms with Crippen molar-refractivity contribution in [2.45, 2.75) is 18.9 Å². The van der Waals surface area contributed by atoms with Crippen molar-refractivity contribution in [1.29, 1.82) is 0 Å². The van der Waals surface area contributed by atoms with Gasteiger partial charge in [-0.3, -0.25) is 4.79 Å². The molecule has 0 unspecified atom stereocenters. The minimum atomic E-state index is 0.0721. The quantitative estimate of drug-likeness (QED) is 0.791. The van der Waals surface area contributed by atoms with E-state index in [9.17, 15) is 4.79 Å². The predicted octanol–water partition coefficient (Wildman–Crippen LogP) is 0.952. The van der Waals surface area contributed by atoms with Crippen LogP contribution in [0.4, 0.5) is 0 Å². The van der Waals surface area contributed by atoms with Crippen LogP contribution in [-0.4, -0.2) is 34.9 Å². The third kappa shape index (κ3) is 1.55. The van der Waals surface area contributed by atoms with Gasteiger partial charge in [0.1, 0.15) is 5.69 Å². The zero-order chi connectivity index (χ0) is 11.1. The monoisotopic (exact) mass is 237 g/mol. The van der Waals surface area contributed by atoms with Crippen LogP contribution in [0.5, 0.6) is 0 Å². The van der Waals surface area contributed by atoms with E-state index in [1.54, 1.807) is 5.51 Å². The Morgan fingerprint density at radius 2 is 2.38 bits per heavy atom. The molecule has 3 atom stereocenters. The molecule has 2 N–H and O–H groups in total. The maximum Gasteiger partial charge on any atom is 0.273 e. The largest absolute Gasteiger partial charge is 0.337 e. The normalized spacial score (nSPS) is 33.1. The van der Waals surface area contributed by atoms with E-state index in [-0.39, 0.29) is 5.91 Å². The summed E-state index contributed by atoms with van der Waals surface area (Å²) in [6.45, 7) is 1.69. The highest BCUT2D eigenvalue weighted by molar-refractivity contribution is 7.07. The Kier molecular flexibility index (Phi) is 2.44. The molecule has 1 aromatic heterocycles. The van der Waals surface area contributed by atoms with E-state index in [2.05, 4.69) is 4.98 Å². The molecule has 1 amide bonds. The van der Waals surface area contributed by atoms with Gasteiger partial charge in [0, 0.05) is 24.5 Å². The van der Waals surface area contributed by atoms with Crippen molar-refractivity contribution in [3.63, 3.8) is 0 Å². The zero-order valence-corrected chi connectivity index (χ0v) is 9.82. The van der Waals surface area contributed by atoms with Gasteiger partial charge in [-0.1, -0.05) is 0 Å². The van der Waals surface area contributed by atoms with Gasteiger partial charge in [-0.05, 0) is 24.7 Å². The molecule has 1 saturated heterocycles. The van der Waals surface area contributed by atoms with Gasteiger partial charge in [-0.2, -0.15) is 0 Å². The summed E-state index contributed by atoms with van der Waals surface area (Å²) in [5.74, 6) is 1.21. The number of hydrogen-bond acceptors (Lipinski definition) is 4. The van der Waals surface area contributed by atoms with Gasteiger partial charge in [0.25, 0.3) is 5.91 Å². The Morgan fingerprint density at radius 1 is 1.50 bits per heavy atom. The number of likely N-dealkylation sites (tertiary alicyclic amines) is 1. The maximum atomic E-state index is 12.1. The van der Waals surface area contributed by atoms with Crippen molar-refractivity contribution in [3.8, 4) is 0 Å². The van der Waals surface area contributed by atoms with Crippen LogP contribution in [0, 0.1) is 11.8 Å².